The minimum atomic E-state index is -3.91. The number of carbonyl (C=O) groups excluding carboxylic acids is 2. The van der Waals surface area contributed by atoms with Crippen LogP contribution in [0.3, 0.4) is 0 Å². The first-order valence-corrected chi connectivity index (χ1v) is 15.7. The maximum absolute atomic E-state index is 15.7. The Balaban J connectivity index is 1.44. The molecule has 0 radical (unpaired) electrons. The van der Waals surface area contributed by atoms with Crippen LogP contribution in [0.15, 0.2) is 54.9 Å². The average Bonchev–Trinajstić information content (AvgIpc) is 3.59. The predicted octanol–water partition coefficient (Wildman–Crippen LogP) is 5.52. The van der Waals surface area contributed by atoms with Crippen LogP contribution in [-0.2, 0) is 28.3 Å². The largest absolute Gasteiger partial charge is 0.493 e. The van der Waals surface area contributed by atoms with Crippen LogP contribution in [0, 0.1) is 0 Å². The van der Waals surface area contributed by atoms with E-state index in [0.717, 1.165) is 28.2 Å². The molecule has 1 atom stereocenters. The molecule has 0 saturated carbocycles. The number of halogens is 2. The molecule has 1 aliphatic heterocycles. The molecule has 0 unspecified atom stereocenters. The Morgan fingerprint density at radius 2 is 1.58 bits per heavy atom. The highest BCUT2D eigenvalue weighted by atomic mass is 19.3. The van der Waals surface area contributed by atoms with E-state index < -0.39 is 29.5 Å². The number of amides is 2. The lowest BCUT2D eigenvalue weighted by Crippen LogP contribution is -2.47. The van der Waals surface area contributed by atoms with Crippen LogP contribution in [0.5, 0.6) is 28.7 Å². The summed E-state index contributed by atoms with van der Waals surface area (Å²) in [5.41, 5.74) is 1.37. The molecule has 1 saturated heterocycles. The molecule has 1 aromatic heterocycles. The number of aryl methyl sites for hydroxylation is 1. The second-order valence-corrected chi connectivity index (χ2v) is 11.3. The fourth-order valence-electron chi connectivity index (χ4n) is 5.72. The summed E-state index contributed by atoms with van der Waals surface area (Å²) in [5, 5.41) is 0. The minimum Gasteiger partial charge on any atom is -0.493 e. The number of methoxy groups -OCH3 is 5. The standard InChI is InChI=1S/C35H43F2N3O8/c1-43-28-13-12-24(19-29(28)44-2)14-18-39(16-7-10-25-9-6-15-38-22-25)34(42)48-23-27-11-8-17-40(27)33(41)35(36,37)26-20-30(45-3)32(47-5)31(21-26)46-4/h6,9,12-13,15,19-22,27H,7-8,10-11,14,16-18,23H2,1-5H3/t27-/m0/s1. The monoisotopic (exact) mass is 671 g/mol. The number of hydrogen-bond acceptors (Lipinski definition) is 9. The van der Waals surface area contributed by atoms with Gasteiger partial charge in [-0.3, -0.25) is 9.78 Å². The Hall–Kier alpha value is -4.81. The number of aromatic nitrogens is 1. The van der Waals surface area contributed by atoms with Crippen LogP contribution in [0.1, 0.15) is 36.0 Å². The topological polar surface area (TPSA) is 109 Å². The van der Waals surface area contributed by atoms with Crippen molar-refractivity contribution in [3.8, 4) is 28.7 Å². The Morgan fingerprint density at radius 1 is 0.875 bits per heavy atom. The van der Waals surface area contributed by atoms with E-state index in [1.54, 1.807) is 37.6 Å². The first kappa shape index (κ1) is 36.0. The van der Waals surface area contributed by atoms with Gasteiger partial charge in [0, 0.05) is 37.6 Å². The Bertz CT molecular complexity index is 1500. The normalized spacial score (nSPS) is 14.3. The zero-order valence-electron chi connectivity index (χ0n) is 28.0. The molecule has 2 amide bonds. The van der Waals surface area contributed by atoms with E-state index >= 15 is 8.78 Å². The summed E-state index contributed by atoms with van der Waals surface area (Å²) < 4.78 is 63.6. The van der Waals surface area contributed by atoms with Crippen molar-refractivity contribution in [2.45, 2.75) is 44.1 Å². The third-order valence-corrected chi connectivity index (χ3v) is 8.33. The Kier molecular flexibility index (Phi) is 12.6. The lowest BCUT2D eigenvalue weighted by Gasteiger charge is -2.30. The third kappa shape index (κ3) is 8.55. The van der Waals surface area contributed by atoms with Crippen LogP contribution in [-0.4, -0.2) is 94.6 Å². The van der Waals surface area contributed by atoms with Gasteiger partial charge in [-0.05, 0) is 73.6 Å². The van der Waals surface area contributed by atoms with E-state index in [4.69, 9.17) is 28.4 Å². The first-order chi connectivity index (χ1) is 23.2. The molecule has 1 aliphatic rings. The summed E-state index contributed by atoms with van der Waals surface area (Å²) in [5.74, 6) is -3.98. The Labute approximate surface area is 279 Å². The van der Waals surface area contributed by atoms with Crippen molar-refractivity contribution in [3.63, 3.8) is 0 Å². The van der Waals surface area contributed by atoms with Crippen LogP contribution < -0.4 is 23.7 Å². The van der Waals surface area contributed by atoms with Gasteiger partial charge in [-0.2, -0.15) is 8.78 Å². The molecule has 0 bridgehead atoms. The van der Waals surface area contributed by atoms with Gasteiger partial charge in [-0.15, -0.1) is 0 Å². The van der Waals surface area contributed by atoms with Crippen LogP contribution in [0.25, 0.3) is 0 Å². The van der Waals surface area contributed by atoms with Crippen molar-refractivity contribution in [2.24, 2.45) is 0 Å². The fourth-order valence-corrected chi connectivity index (χ4v) is 5.72. The summed E-state index contributed by atoms with van der Waals surface area (Å²) in [7, 11) is 7.09. The van der Waals surface area contributed by atoms with Gasteiger partial charge in [-0.1, -0.05) is 12.1 Å². The van der Waals surface area contributed by atoms with Gasteiger partial charge in [0.25, 0.3) is 5.91 Å². The summed E-state index contributed by atoms with van der Waals surface area (Å²) in [6.45, 7) is 0.627. The van der Waals surface area contributed by atoms with Crippen molar-refractivity contribution in [1.29, 1.82) is 0 Å². The summed E-state index contributed by atoms with van der Waals surface area (Å²) in [6, 6.07) is 10.8. The fraction of sp³-hybridized carbons (Fsp3) is 0.457. The van der Waals surface area contributed by atoms with Crippen molar-refractivity contribution in [2.75, 3.05) is 61.8 Å². The van der Waals surface area contributed by atoms with Gasteiger partial charge in [0.2, 0.25) is 5.75 Å². The number of benzene rings is 2. The van der Waals surface area contributed by atoms with E-state index in [9.17, 15) is 9.59 Å². The van der Waals surface area contributed by atoms with Gasteiger partial charge >= 0.3 is 12.0 Å². The highest BCUT2D eigenvalue weighted by molar-refractivity contribution is 5.86. The molecular weight excluding hydrogens is 628 g/mol. The molecule has 2 aromatic carbocycles. The summed E-state index contributed by atoms with van der Waals surface area (Å²) in [6.07, 6.45) is 5.68. The van der Waals surface area contributed by atoms with Crippen LogP contribution >= 0.6 is 0 Å². The first-order valence-electron chi connectivity index (χ1n) is 15.7. The lowest BCUT2D eigenvalue weighted by atomic mass is 10.0. The smallest absolute Gasteiger partial charge is 0.409 e. The summed E-state index contributed by atoms with van der Waals surface area (Å²) in [4.78, 5) is 33.6. The molecule has 0 aliphatic carbocycles. The van der Waals surface area contributed by atoms with Crippen molar-refractivity contribution in [1.82, 2.24) is 14.8 Å². The van der Waals surface area contributed by atoms with Gasteiger partial charge < -0.3 is 38.2 Å². The van der Waals surface area contributed by atoms with Crippen molar-refractivity contribution in [3.05, 3.63) is 71.5 Å². The quantitative estimate of drug-likeness (QED) is 0.195. The number of ether oxygens (including phenoxy) is 6. The molecule has 1 fully saturated rings. The molecule has 260 valence electrons. The number of nitrogens with zero attached hydrogens (tertiary/aromatic N) is 3. The number of hydrogen-bond donors (Lipinski definition) is 0. The van der Waals surface area contributed by atoms with E-state index in [0.29, 0.717) is 56.7 Å². The minimum absolute atomic E-state index is 0.00271. The lowest BCUT2D eigenvalue weighted by molar-refractivity contribution is -0.160. The number of carbonyl (C=O) groups is 2. The second kappa shape index (κ2) is 16.8. The zero-order chi connectivity index (χ0) is 34.7. The van der Waals surface area contributed by atoms with E-state index in [-0.39, 0.29) is 30.4 Å². The molecule has 11 nitrogen and oxygen atoms in total. The predicted molar refractivity (Wildman–Crippen MR) is 173 cm³/mol. The molecule has 0 spiro atoms. The number of pyridine rings is 1. The number of alkyl halides is 2. The van der Waals surface area contributed by atoms with Gasteiger partial charge in [0.05, 0.1) is 41.6 Å². The molecule has 48 heavy (non-hydrogen) atoms. The highest BCUT2D eigenvalue weighted by Crippen LogP contribution is 2.43. The third-order valence-electron chi connectivity index (χ3n) is 8.33. The van der Waals surface area contributed by atoms with Gasteiger partial charge in [0.15, 0.2) is 23.0 Å². The van der Waals surface area contributed by atoms with E-state index in [2.05, 4.69) is 4.98 Å². The summed E-state index contributed by atoms with van der Waals surface area (Å²) >= 11 is 0. The molecule has 13 heteroatoms. The SMILES string of the molecule is COc1ccc(CCN(CCCc2cccnc2)C(=O)OC[C@@H]2CCCN2C(=O)C(F)(F)c2cc(OC)c(OC)c(OC)c2)cc1OC. The van der Waals surface area contributed by atoms with Crippen molar-refractivity contribution >= 4 is 12.0 Å². The van der Waals surface area contributed by atoms with Gasteiger partial charge in [0.1, 0.15) is 6.61 Å². The Morgan fingerprint density at radius 3 is 2.21 bits per heavy atom. The van der Waals surface area contributed by atoms with E-state index in [1.807, 2.05) is 24.3 Å². The van der Waals surface area contributed by atoms with Crippen LogP contribution in [0.4, 0.5) is 13.6 Å². The molecule has 4 rings (SSSR count). The maximum Gasteiger partial charge on any atom is 0.409 e. The molecule has 2 heterocycles. The second-order valence-electron chi connectivity index (χ2n) is 11.3. The molecule has 0 N–H and O–H groups in total. The molecular formula is C35H43F2N3O8. The maximum atomic E-state index is 15.7. The van der Waals surface area contributed by atoms with Gasteiger partial charge in [-0.25, -0.2) is 4.79 Å². The van der Waals surface area contributed by atoms with Crippen molar-refractivity contribution < 1.29 is 46.8 Å². The molecule has 3 aromatic rings. The average molecular weight is 672 g/mol. The number of likely N-dealkylation sites (tertiary alicyclic amines) is 1. The number of rotatable bonds is 16. The van der Waals surface area contributed by atoms with E-state index in [1.165, 1.54) is 21.3 Å². The van der Waals surface area contributed by atoms with Crippen LogP contribution in [0.2, 0.25) is 0 Å². The highest BCUT2D eigenvalue weighted by Gasteiger charge is 2.48. The zero-order valence-corrected chi connectivity index (χ0v) is 28.0.